The van der Waals surface area contributed by atoms with E-state index in [-0.39, 0.29) is 18.5 Å². The maximum Gasteiger partial charge on any atom is 0.244 e. The fourth-order valence-corrected chi connectivity index (χ4v) is 4.43. The molecule has 0 spiro atoms. The van der Waals surface area contributed by atoms with E-state index in [2.05, 4.69) is 21.2 Å². The smallest absolute Gasteiger partial charge is 0.244 e. The van der Waals surface area contributed by atoms with Crippen molar-refractivity contribution in [2.24, 2.45) is 0 Å². The molecule has 1 N–H and O–H groups in total. The quantitative estimate of drug-likeness (QED) is 0.500. The number of anilines is 1. The summed E-state index contributed by atoms with van der Waals surface area (Å²) in [6.45, 7) is 4.95. The molecule has 0 heterocycles. The molecule has 0 aliphatic carbocycles. The molecule has 0 saturated heterocycles. The zero-order valence-corrected chi connectivity index (χ0v) is 21.8. The molecule has 0 aromatic heterocycles. The molecule has 0 aliphatic rings. The number of methoxy groups -OCH3 is 1. The molecular weight excluding hydrogens is 510 g/mol. The molecule has 1 atom stereocenters. The van der Waals surface area contributed by atoms with Crippen LogP contribution in [0.25, 0.3) is 0 Å². The first-order chi connectivity index (χ1) is 15.4. The number of benzene rings is 2. The normalized spacial score (nSPS) is 12.2. The van der Waals surface area contributed by atoms with Gasteiger partial charge in [-0.2, -0.15) is 0 Å². The summed E-state index contributed by atoms with van der Waals surface area (Å²) in [5.41, 5.74) is 1.10. The lowest BCUT2D eigenvalue weighted by atomic mass is 10.1. The highest BCUT2D eigenvalue weighted by molar-refractivity contribution is 9.10. The van der Waals surface area contributed by atoms with Crippen molar-refractivity contribution in [1.29, 1.82) is 0 Å². The minimum atomic E-state index is -3.77. The highest BCUT2D eigenvalue weighted by Crippen LogP contribution is 2.23. The summed E-state index contributed by atoms with van der Waals surface area (Å²) in [4.78, 5) is 27.6. The number of hydrogen-bond acceptors (Lipinski definition) is 5. The van der Waals surface area contributed by atoms with Crippen LogP contribution in [-0.2, 0) is 26.2 Å². The molecule has 10 heteroatoms. The van der Waals surface area contributed by atoms with Crippen LogP contribution in [0.1, 0.15) is 26.3 Å². The maximum atomic E-state index is 13.4. The van der Waals surface area contributed by atoms with Gasteiger partial charge in [-0.15, -0.1) is 0 Å². The van der Waals surface area contributed by atoms with E-state index in [0.717, 1.165) is 16.1 Å². The summed E-state index contributed by atoms with van der Waals surface area (Å²) in [5, 5.41) is 2.81. The molecule has 0 saturated carbocycles. The van der Waals surface area contributed by atoms with E-state index in [9.17, 15) is 18.0 Å². The monoisotopic (exact) mass is 539 g/mol. The van der Waals surface area contributed by atoms with Crippen molar-refractivity contribution in [1.82, 2.24) is 10.2 Å². The van der Waals surface area contributed by atoms with E-state index in [1.54, 1.807) is 56.5 Å². The Kier molecular flexibility index (Phi) is 9.30. The molecule has 0 unspecified atom stereocenters. The van der Waals surface area contributed by atoms with Crippen LogP contribution in [0.15, 0.2) is 53.0 Å². The van der Waals surface area contributed by atoms with E-state index in [1.807, 2.05) is 19.9 Å². The van der Waals surface area contributed by atoms with Crippen molar-refractivity contribution in [3.05, 3.63) is 58.6 Å². The van der Waals surface area contributed by atoms with E-state index in [0.29, 0.717) is 15.9 Å². The van der Waals surface area contributed by atoms with E-state index < -0.39 is 28.5 Å². The fourth-order valence-electron chi connectivity index (χ4n) is 3.20. The van der Waals surface area contributed by atoms with Gasteiger partial charge in [-0.05, 0) is 56.7 Å². The van der Waals surface area contributed by atoms with Gasteiger partial charge in [0.15, 0.2) is 0 Å². The Bertz CT molecular complexity index is 1090. The largest absolute Gasteiger partial charge is 0.497 e. The third kappa shape index (κ3) is 7.75. The molecule has 33 heavy (non-hydrogen) atoms. The van der Waals surface area contributed by atoms with Gasteiger partial charge in [-0.1, -0.05) is 34.1 Å². The lowest BCUT2D eigenvalue weighted by Gasteiger charge is -2.32. The van der Waals surface area contributed by atoms with Gasteiger partial charge in [0.05, 0.1) is 19.1 Å². The fraction of sp³-hybridized carbons (Fsp3) is 0.391. The molecule has 0 bridgehead atoms. The van der Waals surface area contributed by atoms with Crippen LogP contribution in [0.2, 0.25) is 0 Å². The Hall–Kier alpha value is -2.59. The third-order valence-corrected chi connectivity index (χ3v) is 6.49. The standard InChI is InChI=1S/C23H30BrN3O5S/c1-16(2)25-23(29)17(3)26(14-18-8-6-11-21(12-18)32-4)22(28)15-27(33(5,30)31)20-10-7-9-19(24)13-20/h6-13,16-17H,14-15H2,1-5H3,(H,25,29)/t17-/m1/s1. The minimum absolute atomic E-state index is 0.108. The highest BCUT2D eigenvalue weighted by atomic mass is 79.9. The Morgan fingerprint density at radius 1 is 1.09 bits per heavy atom. The minimum Gasteiger partial charge on any atom is -0.497 e. The number of halogens is 1. The number of rotatable bonds is 10. The zero-order chi connectivity index (χ0) is 24.8. The summed E-state index contributed by atoms with van der Waals surface area (Å²) in [5.74, 6) is -0.213. The van der Waals surface area contributed by atoms with Crippen LogP contribution in [-0.4, -0.2) is 57.1 Å². The summed E-state index contributed by atoms with van der Waals surface area (Å²) >= 11 is 3.33. The first-order valence-corrected chi connectivity index (χ1v) is 13.0. The number of sulfonamides is 1. The Labute approximate surface area is 204 Å². The number of hydrogen-bond donors (Lipinski definition) is 1. The molecule has 2 aromatic rings. The summed E-state index contributed by atoms with van der Waals surface area (Å²) in [6, 6.07) is 12.9. The lowest BCUT2D eigenvalue weighted by molar-refractivity contribution is -0.139. The highest BCUT2D eigenvalue weighted by Gasteiger charge is 2.30. The molecule has 2 amide bonds. The first-order valence-electron chi connectivity index (χ1n) is 10.4. The van der Waals surface area contributed by atoms with E-state index in [1.165, 1.54) is 4.90 Å². The molecule has 0 radical (unpaired) electrons. The maximum absolute atomic E-state index is 13.4. The lowest BCUT2D eigenvalue weighted by Crippen LogP contribution is -2.52. The van der Waals surface area contributed by atoms with Crippen LogP contribution in [0.5, 0.6) is 5.75 Å². The SMILES string of the molecule is COc1cccc(CN(C(=O)CN(c2cccc(Br)c2)S(C)(=O)=O)[C@H](C)C(=O)NC(C)C)c1. The van der Waals surface area contributed by atoms with Crippen LogP contribution >= 0.6 is 15.9 Å². The average Bonchev–Trinajstić information content (AvgIpc) is 2.74. The van der Waals surface area contributed by atoms with Crippen LogP contribution < -0.4 is 14.4 Å². The zero-order valence-electron chi connectivity index (χ0n) is 19.4. The van der Waals surface area contributed by atoms with Gasteiger partial charge in [0.25, 0.3) is 0 Å². The van der Waals surface area contributed by atoms with Crippen molar-refractivity contribution < 1.29 is 22.7 Å². The van der Waals surface area contributed by atoms with Gasteiger partial charge >= 0.3 is 0 Å². The van der Waals surface area contributed by atoms with Crippen LogP contribution in [0.4, 0.5) is 5.69 Å². The van der Waals surface area contributed by atoms with Gasteiger partial charge in [-0.3, -0.25) is 13.9 Å². The molecule has 2 rings (SSSR count). The van der Waals surface area contributed by atoms with Crippen molar-refractivity contribution in [2.45, 2.75) is 39.4 Å². The molecule has 180 valence electrons. The number of nitrogens with zero attached hydrogens (tertiary/aromatic N) is 2. The van der Waals surface area contributed by atoms with Gasteiger partial charge in [0.1, 0.15) is 18.3 Å². The second-order valence-electron chi connectivity index (χ2n) is 7.96. The molecule has 0 aliphatic heterocycles. The first kappa shape index (κ1) is 26.7. The van der Waals surface area contributed by atoms with Crippen molar-refractivity contribution in [2.75, 3.05) is 24.2 Å². The second kappa shape index (κ2) is 11.5. The van der Waals surface area contributed by atoms with Crippen molar-refractivity contribution in [3.63, 3.8) is 0 Å². The van der Waals surface area contributed by atoms with Crippen molar-refractivity contribution >= 4 is 43.5 Å². The number of carbonyl (C=O) groups excluding carboxylic acids is 2. The number of nitrogens with one attached hydrogen (secondary N) is 1. The van der Waals surface area contributed by atoms with Crippen molar-refractivity contribution in [3.8, 4) is 5.75 Å². The number of ether oxygens (including phenoxy) is 1. The van der Waals surface area contributed by atoms with Crippen LogP contribution in [0, 0.1) is 0 Å². The Balaban J connectivity index is 2.40. The Morgan fingerprint density at radius 3 is 2.33 bits per heavy atom. The van der Waals surface area contributed by atoms with Crippen LogP contribution in [0.3, 0.4) is 0 Å². The van der Waals surface area contributed by atoms with Gasteiger partial charge in [-0.25, -0.2) is 8.42 Å². The summed E-state index contributed by atoms with van der Waals surface area (Å²) in [7, 11) is -2.22. The summed E-state index contributed by atoms with van der Waals surface area (Å²) in [6.07, 6.45) is 1.04. The van der Waals surface area contributed by atoms with E-state index in [4.69, 9.17) is 4.74 Å². The predicted molar refractivity (Wildman–Crippen MR) is 133 cm³/mol. The van der Waals surface area contributed by atoms with Gasteiger partial charge in [0.2, 0.25) is 21.8 Å². The third-order valence-electron chi connectivity index (χ3n) is 4.86. The second-order valence-corrected chi connectivity index (χ2v) is 10.8. The number of carbonyl (C=O) groups is 2. The summed E-state index contributed by atoms with van der Waals surface area (Å²) < 4.78 is 32.0. The molecule has 0 fully saturated rings. The van der Waals surface area contributed by atoms with Gasteiger partial charge in [0, 0.05) is 17.1 Å². The number of amides is 2. The average molecular weight is 540 g/mol. The molecule has 2 aromatic carbocycles. The molecule has 8 nitrogen and oxygen atoms in total. The Morgan fingerprint density at radius 2 is 1.76 bits per heavy atom. The van der Waals surface area contributed by atoms with E-state index >= 15 is 0 Å². The predicted octanol–water partition coefficient (Wildman–Crippen LogP) is 3.17. The van der Waals surface area contributed by atoms with Gasteiger partial charge < -0.3 is 15.0 Å². The topological polar surface area (TPSA) is 96.0 Å². The molecular formula is C23H30BrN3O5S.